The minimum absolute atomic E-state index is 0.302. The topological polar surface area (TPSA) is 62.3 Å². The van der Waals surface area contributed by atoms with Gasteiger partial charge in [-0.2, -0.15) is 13.2 Å². The van der Waals surface area contributed by atoms with Gasteiger partial charge in [-0.1, -0.05) is 0 Å². The highest BCUT2D eigenvalue weighted by Gasteiger charge is 2.40. The van der Waals surface area contributed by atoms with Crippen LogP contribution in [-0.4, -0.2) is 16.5 Å². The lowest BCUT2D eigenvalue weighted by molar-refractivity contribution is -0.275. The summed E-state index contributed by atoms with van der Waals surface area (Å²) in [5.41, 5.74) is -4.86. The number of aromatic amines is 1. The van der Waals surface area contributed by atoms with Gasteiger partial charge in [0.15, 0.2) is 5.75 Å². The fourth-order valence-corrected chi connectivity index (χ4v) is 1.22. The first-order chi connectivity index (χ1) is 8.06. The predicted octanol–water partition coefficient (Wildman–Crippen LogP) is 1.78. The lowest BCUT2D eigenvalue weighted by atomic mass is 10.1. The summed E-state index contributed by atoms with van der Waals surface area (Å²) in [6.07, 6.45) is -10.2. The average Bonchev–Trinajstić information content (AvgIpc) is 2.16. The van der Waals surface area contributed by atoms with Crippen molar-refractivity contribution in [3.8, 4) is 5.75 Å². The van der Waals surface area contributed by atoms with E-state index in [4.69, 9.17) is 5.11 Å². The molecule has 0 saturated heterocycles. The third kappa shape index (κ3) is 3.15. The van der Waals surface area contributed by atoms with Crippen molar-refractivity contribution in [2.75, 3.05) is 0 Å². The number of hydrogen-bond donors (Lipinski definition) is 2. The van der Waals surface area contributed by atoms with Crippen LogP contribution in [0.1, 0.15) is 11.1 Å². The molecule has 0 aliphatic carbocycles. The number of nitrogens with one attached hydrogen (secondary N) is 1. The molecule has 1 rings (SSSR count). The normalized spacial score (nSPS) is 12.6. The Labute approximate surface area is 94.8 Å². The Morgan fingerprint density at radius 2 is 1.78 bits per heavy atom. The van der Waals surface area contributed by atoms with Crippen LogP contribution in [0.5, 0.6) is 5.75 Å². The smallest absolute Gasteiger partial charge is 0.404 e. The maximum atomic E-state index is 12.4. The minimum Gasteiger partial charge on any atom is -0.404 e. The molecule has 1 aromatic rings. The van der Waals surface area contributed by atoms with E-state index in [1.54, 1.807) is 0 Å². The van der Waals surface area contributed by atoms with Crippen LogP contribution in [0.3, 0.4) is 0 Å². The van der Waals surface area contributed by atoms with E-state index in [1.165, 1.54) is 4.98 Å². The van der Waals surface area contributed by atoms with Crippen LogP contribution in [-0.2, 0) is 12.8 Å². The van der Waals surface area contributed by atoms with Gasteiger partial charge in [0.05, 0.1) is 6.61 Å². The van der Waals surface area contributed by atoms with E-state index in [0.717, 1.165) is 0 Å². The molecule has 0 aliphatic heterocycles. The van der Waals surface area contributed by atoms with E-state index >= 15 is 0 Å². The second kappa shape index (κ2) is 4.52. The van der Waals surface area contributed by atoms with Crippen molar-refractivity contribution in [3.05, 3.63) is 27.7 Å². The summed E-state index contributed by atoms with van der Waals surface area (Å²) in [5.74, 6) is -1.31. The first-order valence-electron chi connectivity index (χ1n) is 4.24. The van der Waals surface area contributed by atoms with Gasteiger partial charge in [-0.05, 0) is 0 Å². The van der Waals surface area contributed by atoms with Crippen molar-refractivity contribution in [2.24, 2.45) is 0 Å². The molecule has 2 N–H and O–H groups in total. The predicted molar refractivity (Wildman–Crippen MR) is 44.7 cm³/mol. The van der Waals surface area contributed by atoms with Crippen molar-refractivity contribution in [2.45, 2.75) is 19.1 Å². The Morgan fingerprint density at radius 1 is 1.22 bits per heavy atom. The van der Waals surface area contributed by atoms with Gasteiger partial charge in [-0.3, -0.25) is 4.79 Å². The second-order valence-electron chi connectivity index (χ2n) is 3.04. The summed E-state index contributed by atoms with van der Waals surface area (Å²) in [5, 5.41) is 8.68. The van der Waals surface area contributed by atoms with Crippen molar-refractivity contribution in [1.29, 1.82) is 0 Å². The van der Waals surface area contributed by atoms with Crippen LogP contribution in [0.4, 0.5) is 26.3 Å². The molecule has 1 aromatic heterocycles. The first kappa shape index (κ1) is 14.4. The Balaban J connectivity index is 3.44. The number of aliphatic hydroxyl groups excluding tert-OH is 1. The number of rotatable bonds is 2. The van der Waals surface area contributed by atoms with Crippen LogP contribution in [0.25, 0.3) is 0 Å². The monoisotopic (exact) mass is 277 g/mol. The van der Waals surface area contributed by atoms with Gasteiger partial charge in [0, 0.05) is 11.8 Å². The molecular weight excluding hydrogens is 272 g/mol. The summed E-state index contributed by atoms with van der Waals surface area (Å²) < 4.78 is 76.3. The molecule has 0 amide bonds. The summed E-state index contributed by atoms with van der Waals surface area (Å²) in [6.45, 7) is -1.43. The molecule has 0 atom stereocenters. The highest BCUT2D eigenvalue weighted by atomic mass is 19.4. The zero-order valence-corrected chi connectivity index (χ0v) is 8.32. The van der Waals surface area contributed by atoms with E-state index < -0.39 is 41.6 Å². The number of ether oxygens (including phenoxy) is 1. The van der Waals surface area contributed by atoms with Gasteiger partial charge in [0.1, 0.15) is 5.56 Å². The number of alkyl halides is 6. The average molecular weight is 277 g/mol. The van der Waals surface area contributed by atoms with Crippen LogP contribution >= 0.6 is 0 Å². The number of halogens is 6. The van der Waals surface area contributed by atoms with Gasteiger partial charge < -0.3 is 14.8 Å². The Morgan fingerprint density at radius 3 is 2.17 bits per heavy atom. The lowest BCUT2D eigenvalue weighted by Crippen LogP contribution is -2.27. The Bertz CT molecular complexity index is 489. The number of pyridine rings is 1. The minimum atomic E-state index is -5.25. The first-order valence-corrected chi connectivity index (χ1v) is 4.24. The van der Waals surface area contributed by atoms with Crippen LogP contribution in [0, 0.1) is 0 Å². The van der Waals surface area contributed by atoms with Crippen molar-refractivity contribution in [3.63, 3.8) is 0 Å². The molecule has 18 heavy (non-hydrogen) atoms. The number of aliphatic hydroxyl groups is 1. The number of hydrogen-bond acceptors (Lipinski definition) is 3. The van der Waals surface area contributed by atoms with Gasteiger partial charge in [0.2, 0.25) is 0 Å². The van der Waals surface area contributed by atoms with E-state index in [-0.39, 0.29) is 0 Å². The summed E-state index contributed by atoms with van der Waals surface area (Å²) >= 11 is 0. The second-order valence-corrected chi connectivity index (χ2v) is 3.04. The molecule has 0 radical (unpaired) electrons. The molecule has 0 aromatic carbocycles. The molecule has 10 heteroatoms. The molecule has 4 nitrogen and oxygen atoms in total. The van der Waals surface area contributed by atoms with E-state index in [0.29, 0.717) is 6.20 Å². The molecule has 0 fully saturated rings. The van der Waals surface area contributed by atoms with Gasteiger partial charge >= 0.3 is 12.5 Å². The molecule has 102 valence electrons. The van der Waals surface area contributed by atoms with Crippen molar-refractivity contribution >= 4 is 0 Å². The zero-order valence-electron chi connectivity index (χ0n) is 8.32. The van der Waals surface area contributed by atoms with E-state index in [2.05, 4.69) is 4.74 Å². The lowest BCUT2D eigenvalue weighted by Gasteiger charge is -2.15. The standard InChI is InChI=1S/C8H5F6NO3/c9-7(10,11)5-3(2-16)4(1-15-6(5)17)18-8(12,13)14/h1,16H,2H2,(H,15,17). The van der Waals surface area contributed by atoms with Gasteiger partial charge in [-0.25, -0.2) is 0 Å². The number of aromatic nitrogens is 1. The Kier molecular flexibility index (Phi) is 3.60. The SMILES string of the molecule is O=c1[nH]cc(OC(F)(F)F)c(CO)c1C(F)(F)F. The largest absolute Gasteiger partial charge is 0.573 e. The maximum Gasteiger partial charge on any atom is 0.573 e. The van der Waals surface area contributed by atoms with E-state index in [9.17, 15) is 31.1 Å². The third-order valence-electron chi connectivity index (χ3n) is 1.83. The third-order valence-corrected chi connectivity index (χ3v) is 1.83. The van der Waals surface area contributed by atoms with Crippen molar-refractivity contribution in [1.82, 2.24) is 4.98 Å². The van der Waals surface area contributed by atoms with Crippen LogP contribution in [0.15, 0.2) is 11.0 Å². The Hall–Kier alpha value is -1.71. The van der Waals surface area contributed by atoms with Crippen LogP contribution < -0.4 is 10.3 Å². The highest BCUT2D eigenvalue weighted by Crippen LogP contribution is 2.34. The quantitative estimate of drug-likeness (QED) is 0.810. The molecule has 0 spiro atoms. The highest BCUT2D eigenvalue weighted by molar-refractivity contribution is 5.38. The summed E-state index contributed by atoms with van der Waals surface area (Å²) in [7, 11) is 0. The van der Waals surface area contributed by atoms with Crippen molar-refractivity contribution < 1.29 is 36.2 Å². The van der Waals surface area contributed by atoms with Crippen LogP contribution in [0.2, 0.25) is 0 Å². The molecule has 0 bridgehead atoms. The number of H-pyrrole nitrogens is 1. The molecule has 0 unspecified atom stereocenters. The molecule has 1 heterocycles. The maximum absolute atomic E-state index is 12.4. The summed E-state index contributed by atoms with van der Waals surface area (Å²) in [4.78, 5) is 12.4. The molecule has 0 saturated carbocycles. The van der Waals surface area contributed by atoms with Gasteiger partial charge in [0.25, 0.3) is 5.56 Å². The zero-order chi connectivity index (χ0) is 14.1. The molecule has 0 aliphatic rings. The summed E-state index contributed by atoms with van der Waals surface area (Å²) in [6, 6.07) is 0. The van der Waals surface area contributed by atoms with E-state index in [1.807, 2.05) is 0 Å². The molecular formula is C8H5F6NO3. The fraction of sp³-hybridized carbons (Fsp3) is 0.375. The fourth-order valence-electron chi connectivity index (χ4n) is 1.22. The van der Waals surface area contributed by atoms with Gasteiger partial charge in [-0.15, -0.1) is 13.2 Å².